The standard InChI is InChI=1S/C13H23NO4/c1-7-17-11(15)9-8-10(2)14(6)12(16)18-13(3,4)5/h8-10H,7H2,1-6H3/t10-/m0/s1. The maximum absolute atomic E-state index is 11.7. The SMILES string of the molecule is CCOC(=O)C=C[C@H](C)N(C)C(=O)OC(C)(C)C. The van der Waals surface area contributed by atoms with Crippen LogP contribution in [0.3, 0.4) is 0 Å². The van der Waals surface area contributed by atoms with E-state index in [2.05, 4.69) is 0 Å². The molecule has 0 aromatic rings. The smallest absolute Gasteiger partial charge is 0.410 e. The molecule has 0 aliphatic rings. The first-order valence-electron chi connectivity index (χ1n) is 5.98. The number of carbonyl (C=O) groups is 2. The van der Waals surface area contributed by atoms with Crippen molar-refractivity contribution in [3.05, 3.63) is 12.2 Å². The van der Waals surface area contributed by atoms with E-state index in [0.29, 0.717) is 6.61 Å². The van der Waals surface area contributed by atoms with Crippen LogP contribution in [0.1, 0.15) is 34.6 Å². The fourth-order valence-electron chi connectivity index (χ4n) is 1.04. The van der Waals surface area contributed by atoms with Crippen LogP contribution in [0.2, 0.25) is 0 Å². The Labute approximate surface area is 109 Å². The Kier molecular flexibility index (Phi) is 6.44. The van der Waals surface area contributed by atoms with Gasteiger partial charge in [-0.1, -0.05) is 6.08 Å². The molecule has 5 heteroatoms. The fraction of sp³-hybridized carbons (Fsp3) is 0.692. The van der Waals surface area contributed by atoms with Crippen molar-refractivity contribution in [3.63, 3.8) is 0 Å². The van der Waals surface area contributed by atoms with Gasteiger partial charge in [0, 0.05) is 13.1 Å². The maximum Gasteiger partial charge on any atom is 0.410 e. The first kappa shape index (κ1) is 16.5. The molecule has 0 radical (unpaired) electrons. The highest BCUT2D eigenvalue weighted by Crippen LogP contribution is 2.11. The molecule has 0 aliphatic carbocycles. The van der Waals surface area contributed by atoms with E-state index >= 15 is 0 Å². The zero-order chi connectivity index (χ0) is 14.3. The monoisotopic (exact) mass is 257 g/mol. The molecular formula is C13H23NO4. The fourth-order valence-corrected chi connectivity index (χ4v) is 1.04. The van der Waals surface area contributed by atoms with Crippen LogP contribution >= 0.6 is 0 Å². The van der Waals surface area contributed by atoms with Crippen molar-refractivity contribution in [2.24, 2.45) is 0 Å². The van der Waals surface area contributed by atoms with Crippen LogP contribution < -0.4 is 0 Å². The highest BCUT2D eigenvalue weighted by Gasteiger charge is 2.21. The normalized spacial score (nSPS) is 13.2. The highest BCUT2D eigenvalue weighted by atomic mass is 16.6. The molecule has 0 saturated carbocycles. The maximum atomic E-state index is 11.7. The van der Waals surface area contributed by atoms with Crippen LogP contribution in [-0.2, 0) is 14.3 Å². The van der Waals surface area contributed by atoms with Crippen LogP contribution in [0.4, 0.5) is 4.79 Å². The van der Waals surface area contributed by atoms with Crippen molar-refractivity contribution in [2.75, 3.05) is 13.7 Å². The summed E-state index contributed by atoms with van der Waals surface area (Å²) < 4.78 is 9.96. The summed E-state index contributed by atoms with van der Waals surface area (Å²) in [5, 5.41) is 0. The quantitative estimate of drug-likeness (QED) is 0.573. The van der Waals surface area contributed by atoms with Crippen LogP contribution in [-0.4, -0.2) is 42.3 Å². The second-order valence-corrected chi connectivity index (χ2v) is 4.94. The third-order valence-electron chi connectivity index (χ3n) is 2.09. The lowest BCUT2D eigenvalue weighted by Crippen LogP contribution is -2.38. The predicted molar refractivity (Wildman–Crippen MR) is 69.2 cm³/mol. The molecule has 0 fully saturated rings. The van der Waals surface area contributed by atoms with Gasteiger partial charge >= 0.3 is 12.1 Å². The van der Waals surface area contributed by atoms with Crippen molar-refractivity contribution >= 4 is 12.1 Å². The highest BCUT2D eigenvalue weighted by molar-refractivity contribution is 5.82. The van der Waals surface area contributed by atoms with E-state index in [1.54, 1.807) is 47.7 Å². The van der Waals surface area contributed by atoms with E-state index in [1.165, 1.54) is 11.0 Å². The van der Waals surface area contributed by atoms with E-state index < -0.39 is 17.7 Å². The average molecular weight is 257 g/mol. The summed E-state index contributed by atoms with van der Waals surface area (Å²) in [6.45, 7) is 9.27. The third kappa shape index (κ3) is 6.93. The number of hydrogen-bond acceptors (Lipinski definition) is 4. The van der Waals surface area contributed by atoms with Crippen LogP contribution in [0.5, 0.6) is 0 Å². The lowest BCUT2D eigenvalue weighted by atomic mass is 10.2. The molecule has 0 N–H and O–H groups in total. The number of ether oxygens (including phenoxy) is 2. The zero-order valence-electron chi connectivity index (χ0n) is 12.0. The molecule has 104 valence electrons. The first-order chi connectivity index (χ1) is 8.17. The number of nitrogens with zero attached hydrogens (tertiary/aromatic N) is 1. The summed E-state index contributed by atoms with van der Waals surface area (Å²) in [6.07, 6.45) is 2.49. The summed E-state index contributed by atoms with van der Waals surface area (Å²) in [5.74, 6) is -0.415. The van der Waals surface area contributed by atoms with Gasteiger partial charge < -0.3 is 14.4 Å². The minimum absolute atomic E-state index is 0.246. The lowest BCUT2D eigenvalue weighted by molar-refractivity contribution is -0.137. The Balaban J connectivity index is 4.38. The summed E-state index contributed by atoms with van der Waals surface area (Å²) in [7, 11) is 1.62. The second-order valence-electron chi connectivity index (χ2n) is 4.94. The van der Waals surface area contributed by atoms with Gasteiger partial charge in [-0.2, -0.15) is 0 Å². The second kappa shape index (κ2) is 7.03. The zero-order valence-corrected chi connectivity index (χ0v) is 12.0. The van der Waals surface area contributed by atoms with Gasteiger partial charge in [-0.15, -0.1) is 0 Å². The number of carbonyl (C=O) groups excluding carboxylic acids is 2. The van der Waals surface area contributed by atoms with E-state index in [4.69, 9.17) is 9.47 Å². The van der Waals surface area contributed by atoms with Crippen molar-refractivity contribution < 1.29 is 19.1 Å². The number of hydrogen-bond donors (Lipinski definition) is 0. The van der Waals surface area contributed by atoms with Gasteiger partial charge in [-0.3, -0.25) is 0 Å². The van der Waals surface area contributed by atoms with Gasteiger partial charge in [0.15, 0.2) is 0 Å². The molecule has 0 aliphatic heterocycles. The van der Waals surface area contributed by atoms with Crippen molar-refractivity contribution in [1.82, 2.24) is 4.90 Å². The number of rotatable bonds is 4. The van der Waals surface area contributed by atoms with Gasteiger partial charge in [0.05, 0.1) is 12.6 Å². The first-order valence-corrected chi connectivity index (χ1v) is 5.98. The van der Waals surface area contributed by atoms with Crippen molar-refractivity contribution in [3.8, 4) is 0 Å². The van der Waals surface area contributed by atoms with Crippen molar-refractivity contribution in [2.45, 2.75) is 46.3 Å². The molecule has 0 saturated heterocycles. The van der Waals surface area contributed by atoms with E-state index in [9.17, 15) is 9.59 Å². The summed E-state index contributed by atoms with van der Waals surface area (Å²) in [5.41, 5.74) is -0.532. The van der Waals surface area contributed by atoms with E-state index in [-0.39, 0.29) is 6.04 Å². The Bertz CT molecular complexity index is 317. The van der Waals surface area contributed by atoms with Crippen LogP contribution in [0.25, 0.3) is 0 Å². The van der Waals surface area contributed by atoms with Gasteiger partial charge in [0.1, 0.15) is 5.60 Å². The molecule has 0 spiro atoms. The van der Waals surface area contributed by atoms with Gasteiger partial charge in [0.2, 0.25) is 0 Å². The van der Waals surface area contributed by atoms with E-state index in [0.717, 1.165) is 0 Å². The topological polar surface area (TPSA) is 55.8 Å². The van der Waals surface area contributed by atoms with E-state index in [1.807, 2.05) is 0 Å². The summed E-state index contributed by atoms with van der Waals surface area (Å²) in [4.78, 5) is 24.3. The molecular weight excluding hydrogens is 234 g/mol. The largest absolute Gasteiger partial charge is 0.463 e. The van der Waals surface area contributed by atoms with Crippen molar-refractivity contribution in [1.29, 1.82) is 0 Å². The molecule has 0 aromatic carbocycles. The Morgan fingerprint density at radius 3 is 2.33 bits per heavy atom. The number of esters is 1. The molecule has 1 atom stereocenters. The predicted octanol–water partition coefficient (Wildman–Crippen LogP) is 2.36. The molecule has 0 bridgehead atoms. The molecule has 0 unspecified atom stereocenters. The summed E-state index contributed by atoms with van der Waals surface area (Å²) >= 11 is 0. The van der Waals surface area contributed by atoms with Gasteiger partial charge in [-0.05, 0) is 34.6 Å². The van der Waals surface area contributed by atoms with Gasteiger partial charge in [0.25, 0.3) is 0 Å². The molecule has 0 rings (SSSR count). The minimum atomic E-state index is -0.532. The molecule has 1 amide bonds. The molecule has 0 heterocycles. The Morgan fingerprint density at radius 1 is 1.33 bits per heavy atom. The Hall–Kier alpha value is -1.52. The molecule has 0 aromatic heterocycles. The molecule has 5 nitrogen and oxygen atoms in total. The molecule has 18 heavy (non-hydrogen) atoms. The van der Waals surface area contributed by atoms with Crippen LogP contribution in [0, 0.1) is 0 Å². The third-order valence-corrected chi connectivity index (χ3v) is 2.09. The van der Waals surface area contributed by atoms with Crippen LogP contribution in [0.15, 0.2) is 12.2 Å². The summed E-state index contributed by atoms with van der Waals surface area (Å²) in [6, 6.07) is -0.246. The lowest BCUT2D eigenvalue weighted by Gasteiger charge is -2.27. The van der Waals surface area contributed by atoms with Gasteiger partial charge in [-0.25, -0.2) is 9.59 Å². The Morgan fingerprint density at radius 2 is 1.89 bits per heavy atom. The number of likely N-dealkylation sites (N-methyl/N-ethyl adjacent to an activating group) is 1. The minimum Gasteiger partial charge on any atom is -0.463 e. The average Bonchev–Trinajstić information content (AvgIpc) is 2.22. The number of amides is 1.